The number of likely N-dealkylation sites (tertiary alicyclic amines) is 1. The zero-order valence-corrected chi connectivity index (χ0v) is 15.4. The first-order chi connectivity index (χ1) is 12.1. The van der Waals surface area contributed by atoms with Crippen molar-refractivity contribution in [3.05, 3.63) is 29.8 Å². The molecule has 2 aliphatic heterocycles. The Morgan fingerprint density at radius 1 is 1.32 bits per heavy atom. The predicted octanol–water partition coefficient (Wildman–Crippen LogP) is 2.38. The van der Waals surface area contributed by atoms with Crippen molar-refractivity contribution < 1.29 is 9.90 Å². The third-order valence-corrected chi connectivity index (χ3v) is 5.71. The molecular weight excluding hydrogens is 314 g/mol. The van der Waals surface area contributed by atoms with Crippen molar-refractivity contribution in [2.24, 2.45) is 5.92 Å². The molecule has 0 aromatic heterocycles. The van der Waals surface area contributed by atoms with Gasteiger partial charge in [0.15, 0.2) is 0 Å². The third kappa shape index (κ3) is 4.15. The Hall–Kier alpha value is -1.59. The summed E-state index contributed by atoms with van der Waals surface area (Å²) < 4.78 is 0. The van der Waals surface area contributed by atoms with Gasteiger partial charge in [-0.2, -0.15) is 0 Å². The van der Waals surface area contributed by atoms with Crippen LogP contribution in [0.1, 0.15) is 44.7 Å². The maximum Gasteiger partial charge on any atom is 0.244 e. The number of aromatic hydroxyl groups is 1. The number of phenols is 1. The van der Waals surface area contributed by atoms with E-state index >= 15 is 0 Å². The maximum atomic E-state index is 13.5. The summed E-state index contributed by atoms with van der Waals surface area (Å²) in [7, 11) is 0. The number of piperazine rings is 1. The molecule has 0 radical (unpaired) electrons. The summed E-state index contributed by atoms with van der Waals surface area (Å²) >= 11 is 0. The normalized spacial score (nSPS) is 24.2. The molecule has 2 saturated heterocycles. The summed E-state index contributed by atoms with van der Waals surface area (Å²) in [6, 6.07) is 7.28. The van der Waals surface area contributed by atoms with Crippen LogP contribution in [0.3, 0.4) is 0 Å². The minimum absolute atomic E-state index is 0.192. The second-order valence-corrected chi connectivity index (χ2v) is 7.51. The van der Waals surface area contributed by atoms with Gasteiger partial charge >= 0.3 is 0 Å². The lowest BCUT2D eigenvalue weighted by Gasteiger charge is -2.43. The van der Waals surface area contributed by atoms with E-state index in [0.717, 1.165) is 57.5 Å². The molecule has 3 rings (SSSR count). The van der Waals surface area contributed by atoms with Crippen molar-refractivity contribution in [1.29, 1.82) is 0 Å². The largest absolute Gasteiger partial charge is 0.508 e. The summed E-state index contributed by atoms with van der Waals surface area (Å²) in [5.41, 5.74) is 0.906. The number of benzene rings is 1. The Kier molecular flexibility index (Phi) is 5.97. The average molecular weight is 345 g/mol. The Morgan fingerprint density at radius 2 is 2.08 bits per heavy atom. The summed E-state index contributed by atoms with van der Waals surface area (Å²) in [6.07, 6.45) is 3.17. The van der Waals surface area contributed by atoms with Crippen molar-refractivity contribution in [3.63, 3.8) is 0 Å². The molecule has 2 fully saturated rings. The molecule has 2 atom stereocenters. The number of nitrogens with zero attached hydrogens (tertiary/aromatic N) is 2. The number of phenolic OH excluding ortho intramolecular Hbond substituents is 1. The second-order valence-electron chi connectivity index (χ2n) is 7.51. The molecule has 1 aromatic carbocycles. The van der Waals surface area contributed by atoms with Gasteiger partial charge in [0.25, 0.3) is 0 Å². The van der Waals surface area contributed by atoms with Crippen molar-refractivity contribution in [2.45, 2.75) is 45.2 Å². The summed E-state index contributed by atoms with van der Waals surface area (Å²) in [5, 5.41) is 13.4. The van der Waals surface area contributed by atoms with Crippen LogP contribution in [0.5, 0.6) is 5.75 Å². The molecule has 1 aromatic rings. The van der Waals surface area contributed by atoms with Crippen LogP contribution in [0.25, 0.3) is 0 Å². The monoisotopic (exact) mass is 345 g/mol. The minimum atomic E-state index is -0.299. The van der Waals surface area contributed by atoms with E-state index in [1.165, 1.54) is 0 Å². The lowest BCUT2D eigenvalue weighted by atomic mass is 9.95. The van der Waals surface area contributed by atoms with Crippen LogP contribution in [0.2, 0.25) is 0 Å². The molecule has 2 unspecified atom stereocenters. The molecule has 2 heterocycles. The number of carbonyl (C=O) groups excluding carboxylic acids is 1. The van der Waals surface area contributed by atoms with Crippen molar-refractivity contribution in [1.82, 2.24) is 15.1 Å². The highest BCUT2D eigenvalue weighted by molar-refractivity contribution is 5.83. The molecular formula is C20H31N3O2. The van der Waals surface area contributed by atoms with Crippen molar-refractivity contribution in [3.8, 4) is 5.75 Å². The fraction of sp³-hybridized carbons (Fsp3) is 0.650. The number of hydrogen-bond acceptors (Lipinski definition) is 4. The number of amides is 1. The van der Waals surface area contributed by atoms with Crippen LogP contribution >= 0.6 is 0 Å². The molecule has 0 aliphatic carbocycles. The van der Waals surface area contributed by atoms with Gasteiger partial charge in [0.1, 0.15) is 11.8 Å². The van der Waals surface area contributed by atoms with Gasteiger partial charge < -0.3 is 15.3 Å². The first kappa shape index (κ1) is 18.2. The summed E-state index contributed by atoms with van der Waals surface area (Å²) in [5.74, 6) is 1.12. The van der Waals surface area contributed by atoms with Gasteiger partial charge in [-0.25, -0.2) is 0 Å². The quantitative estimate of drug-likeness (QED) is 0.880. The Morgan fingerprint density at radius 3 is 2.76 bits per heavy atom. The number of rotatable bonds is 4. The van der Waals surface area contributed by atoms with E-state index in [-0.39, 0.29) is 17.7 Å². The van der Waals surface area contributed by atoms with Gasteiger partial charge in [-0.15, -0.1) is 0 Å². The van der Waals surface area contributed by atoms with Gasteiger partial charge in [-0.3, -0.25) is 9.69 Å². The highest BCUT2D eigenvalue weighted by atomic mass is 16.3. The SMILES string of the molecule is CCC1CNCCN1C(C(=O)N1CCC(C)CC1)c1cccc(O)c1. The lowest BCUT2D eigenvalue weighted by Crippen LogP contribution is -2.56. The number of hydrogen-bond donors (Lipinski definition) is 2. The molecule has 0 bridgehead atoms. The molecule has 0 spiro atoms. The topological polar surface area (TPSA) is 55.8 Å². The van der Waals surface area contributed by atoms with Gasteiger partial charge in [0, 0.05) is 38.8 Å². The van der Waals surface area contributed by atoms with E-state index in [4.69, 9.17) is 0 Å². The molecule has 25 heavy (non-hydrogen) atoms. The smallest absolute Gasteiger partial charge is 0.244 e. The number of nitrogens with one attached hydrogen (secondary N) is 1. The summed E-state index contributed by atoms with van der Waals surface area (Å²) in [6.45, 7) is 8.80. The fourth-order valence-corrected chi connectivity index (χ4v) is 4.07. The molecule has 1 amide bonds. The highest BCUT2D eigenvalue weighted by Gasteiger charge is 2.36. The van der Waals surface area contributed by atoms with Crippen LogP contribution in [0.15, 0.2) is 24.3 Å². The van der Waals surface area contributed by atoms with Crippen molar-refractivity contribution in [2.75, 3.05) is 32.7 Å². The number of piperidine rings is 1. The first-order valence-electron chi connectivity index (χ1n) is 9.64. The van der Waals surface area contributed by atoms with Crippen LogP contribution in [0, 0.1) is 5.92 Å². The van der Waals surface area contributed by atoms with E-state index < -0.39 is 0 Å². The molecule has 138 valence electrons. The van der Waals surface area contributed by atoms with Crippen LogP contribution < -0.4 is 5.32 Å². The van der Waals surface area contributed by atoms with Gasteiger partial charge in [-0.1, -0.05) is 26.0 Å². The average Bonchev–Trinajstić information content (AvgIpc) is 2.63. The van der Waals surface area contributed by atoms with Crippen LogP contribution in [-0.4, -0.2) is 59.6 Å². The Balaban J connectivity index is 1.89. The maximum absolute atomic E-state index is 13.5. The second kappa shape index (κ2) is 8.19. The zero-order chi connectivity index (χ0) is 17.8. The highest BCUT2D eigenvalue weighted by Crippen LogP contribution is 2.30. The fourth-order valence-electron chi connectivity index (χ4n) is 4.07. The van der Waals surface area contributed by atoms with E-state index in [1.54, 1.807) is 12.1 Å². The van der Waals surface area contributed by atoms with E-state index in [9.17, 15) is 9.90 Å². The zero-order valence-electron chi connectivity index (χ0n) is 15.4. The van der Waals surface area contributed by atoms with Crippen LogP contribution in [-0.2, 0) is 4.79 Å². The molecule has 5 nitrogen and oxygen atoms in total. The standard InChI is InChI=1S/C20H31N3O2/c1-3-17-14-21-9-12-23(17)19(16-5-4-6-18(24)13-16)20(25)22-10-7-15(2)8-11-22/h4-6,13,15,17,19,21,24H,3,7-12,14H2,1-2H3. The van der Waals surface area contributed by atoms with Gasteiger partial charge in [-0.05, 0) is 42.9 Å². The van der Waals surface area contributed by atoms with Crippen LogP contribution in [0.4, 0.5) is 0 Å². The van der Waals surface area contributed by atoms with E-state index in [0.29, 0.717) is 12.0 Å². The van der Waals surface area contributed by atoms with E-state index in [2.05, 4.69) is 24.1 Å². The number of carbonyl (C=O) groups is 1. The third-order valence-electron chi connectivity index (χ3n) is 5.71. The Labute approximate surface area is 151 Å². The lowest BCUT2D eigenvalue weighted by molar-refractivity contribution is -0.140. The molecule has 5 heteroatoms. The van der Waals surface area contributed by atoms with Gasteiger partial charge in [0.2, 0.25) is 5.91 Å². The molecule has 2 aliphatic rings. The van der Waals surface area contributed by atoms with E-state index in [1.807, 2.05) is 17.0 Å². The van der Waals surface area contributed by atoms with Gasteiger partial charge in [0.05, 0.1) is 0 Å². The predicted molar refractivity (Wildman–Crippen MR) is 99.5 cm³/mol. The summed E-state index contributed by atoms with van der Waals surface area (Å²) in [4.78, 5) is 17.8. The van der Waals surface area contributed by atoms with Crippen molar-refractivity contribution >= 4 is 5.91 Å². The molecule has 2 N–H and O–H groups in total. The Bertz CT molecular complexity index is 584. The first-order valence-corrected chi connectivity index (χ1v) is 9.64. The molecule has 0 saturated carbocycles. The minimum Gasteiger partial charge on any atom is -0.508 e.